The van der Waals surface area contributed by atoms with Gasteiger partial charge >= 0.3 is 5.97 Å². The van der Waals surface area contributed by atoms with Crippen molar-refractivity contribution in [3.63, 3.8) is 0 Å². The number of halogens is 2. The molecule has 7 nitrogen and oxygen atoms in total. The molecule has 0 atom stereocenters. The van der Waals surface area contributed by atoms with Gasteiger partial charge in [-0.1, -0.05) is 12.1 Å². The lowest BCUT2D eigenvalue weighted by molar-refractivity contribution is -0.145. The second-order valence-corrected chi connectivity index (χ2v) is 8.68. The number of carbonyl (C=O) groups is 3. The lowest BCUT2D eigenvalue weighted by Crippen LogP contribution is -2.34. The molecule has 0 unspecified atom stereocenters. The molecule has 0 N–H and O–H groups in total. The SMILES string of the molecule is CCOC(=O)CN1C(=O)S/C(=C\c2cc(I)c(OCc3ccc(F)cc3)c(OC)c2)C1=O. The number of benzene rings is 2. The summed E-state index contributed by atoms with van der Waals surface area (Å²) in [6.45, 7) is 1.61. The van der Waals surface area contributed by atoms with E-state index in [0.29, 0.717) is 17.1 Å². The molecular weight excluding hydrogens is 552 g/mol. The third-order valence-corrected chi connectivity index (χ3v) is 6.02. The van der Waals surface area contributed by atoms with E-state index < -0.39 is 23.7 Å². The van der Waals surface area contributed by atoms with Gasteiger partial charge in [0.15, 0.2) is 11.5 Å². The summed E-state index contributed by atoms with van der Waals surface area (Å²) in [5.74, 6) is -0.577. The predicted molar refractivity (Wildman–Crippen MR) is 126 cm³/mol. The summed E-state index contributed by atoms with van der Waals surface area (Å²) in [5.41, 5.74) is 1.42. The van der Waals surface area contributed by atoms with Crippen LogP contribution < -0.4 is 9.47 Å². The zero-order chi connectivity index (χ0) is 23.3. The van der Waals surface area contributed by atoms with Gasteiger partial charge in [0, 0.05) is 0 Å². The van der Waals surface area contributed by atoms with E-state index in [2.05, 4.69) is 22.6 Å². The van der Waals surface area contributed by atoms with Crippen molar-refractivity contribution >= 4 is 57.5 Å². The van der Waals surface area contributed by atoms with Crippen LogP contribution in [-0.2, 0) is 20.9 Å². The minimum Gasteiger partial charge on any atom is -0.493 e. The molecule has 1 fully saturated rings. The Labute approximate surface area is 202 Å². The Morgan fingerprint density at radius 2 is 1.94 bits per heavy atom. The van der Waals surface area contributed by atoms with Crippen LogP contribution in [-0.4, -0.2) is 42.3 Å². The summed E-state index contributed by atoms with van der Waals surface area (Å²) in [6.07, 6.45) is 1.56. The van der Waals surface area contributed by atoms with Crippen molar-refractivity contribution < 1.29 is 33.0 Å². The number of imide groups is 1. The highest BCUT2D eigenvalue weighted by Crippen LogP contribution is 2.37. The first-order chi connectivity index (χ1) is 15.3. The van der Waals surface area contributed by atoms with Crippen molar-refractivity contribution in [1.29, 1.82) is 0 Å². The van der Waals surface area contributed by atoms with Crippen LogP contribution in [0.3, 0.4) is 0 Å². The minimum atomic E-state index is -0.644. The quantitative estimate of drug-likeness (QED) is 0.260. The molecule has 0 aromatic heterocycles. The molecule has 1 saturated heterocycles. The lowest BCUT2D eigenvalue weighted by Gasteiger charge is -2.14. The summed E-state index contributed by atoms with van der Waals surface area (Å²) >= 11 is 2.84. The van der Waals surface area contributed by atoms with Crippen molar-refractivity contribution in [2.45, 2.75) is 13.5 Å². The summed E-state index contributed by atoms with van der Waals surface area (Å²) in [7, 11) is 1.49. The van der Waals surface area contributed by atoms with Crippen LogP contribution in [0.5, 0.6) is 11.5 Å². The fourth-order valence-corrected chi connectivity index (χ4v) is 4.44. The topological polar surface area (TPSA) is 82.1 Å². The van der Waals surface area contributed by atoms with Gasteiger partial charge in [0.2, 0.25) is 0 Å². The normalized spacial score (nSPS) is 14.8. The first-order valence-electron chi connectivity index (χ1n) is 9.48. The van der Waals surface area contributed by atoms with E-state index in [1.165, 1.54) is 19.2 Å². The summed E-state index contributed by atoms with van der Waals surface area (Å²) in [5, 5.41) is -0.532. The van der Waals surface area contributed by atoms with Gasteiger partial charge in [-0.25, -0.2) is 4.39 Å². The Hall–Kier alpha value is -2.60. The molecule has 0 bridgehead atoms. The van der Waals surface area contributed by atoms with Gasteiger partial charge in [0.25, 0.3) is 11.1 Å². The Morgan fingerprint density at radius 1 is 1.22 bits per heavy atom. The zero-order valence-electron chi connectivity index (χ0n) is 17.2. The van der Waals surface area contributed by atoms with E-state index in [-0.39, 0.29) is 23.9 Å². The summed E-state index contributed by atoms with van der Waals surface area (Å²) in [6, 6.07) is 9.45. The predicted octanol–water partition coefficient (Wildman–Crippen LogP) is 4.62. The Morgan fingerprint density at radius 3 is 2.59 bits per heavy atom. The highest BCUT2D eigenvalue weighted by Gasteiger charge is 2.36. The van der Waals surface area contributed by atoms with E-state index in [1.54, 1.807) is 37.3 Å². The van der Waals surface area contributed by atoms with E-state index >= 15 is 0 Å². The van der Waals surface area contributed by atoms with Gasteiger partial charge in [0.05, 0.1) is 22.2 Å². The van der Waals surface area contributed by atoms with E-state index in [1.807, 2.05) is 0 Å². The number of methoxy groups -OCH3 is 1. The van der Waals surface area contributed by atoms with Gasteiger partial charge in [0.1, 0.15) is 19.0 Å². The smallest absolute Gasteiger partial charge is 0.326 e. The van der Waals surface area contributed by atoms with Crippen molar-refractivity contribution in [3.05, 3.63) is 61.8 Å². The highest BCUT2D eigenvalue weighted by molar-refractivity contribution is 14.1. The average molecular weight is 571 g/mol. The van der Waals surface area contributed by atoms with Gasteiger partial charge < -0.3 is 14.2 Å². The molecule has 3 rings (SSSR count). The van der Waals surface area contributed by atoms with Crippen LogP contribution in [0.1, 0.15) is 18.1 Å². The molecule has 0 aliphatic carbocycles. The van der Waals surface area contributed by atoms with Gasteiger partial charge in [-0.15, -0.1) is 0 Å². The number of nitrogens with zero attached hydrogens (tertiary/aromatic N) is 1. The summed E-state index contributed by atoms with van der Waals surface area (Å²) < 4.78 is 29.9. The zero-order valence-corrected chi connectivity index (χ0v) is 20.2. The molecule has 2 aromatic carbocycles. The third kappa shape index (κ3) is 5.80. The number of rotatable bonds is 8. The number of thioether (sulfide) groups is 1. The van der Waals surface area contributed by atoms with Crippen molar-refractivity contribution in [2.24, 2.45) is 0 Å². The second kappa shape index (κ2) is 10.8. The van der Waals surface area contributed by atoms with Gasteiger partial charge in [-0.05, 0) is 82.7 Å². The molecule has 0 saturated carbocycles. The minimum absolute atomic E-state index is 0.165. The van der Waals surface area contributed by atoms with Crippen LogP contribution >= 0.6 is 34.4 Å². The Kier molecular flexibility index (Phi) is 8.13. The molecule has 1 aliphatic heterocycles. The maximum Gasteiger partial charge on any atom is 0.326 e. The number of amides is 2. The lowest BCUT2D eigenvalue weighted by atomic mass is 10.1. The molecule has 1 heterocycles. The maximum atomic E-state index is 13.1. The molecule has 168 valence electrons. The number of hydrogen-bond donors (Lipinski definition) is 0. The number of esters is 1. The Balaban J connectivity index is 1.78. The molecule has 0 spiro atoms. The summed E-state index contributed by atoms with van der Waals surface area (Å²) in [4.78, 5) is 37.4. The van der Waals surface area contributed by atoms with Crippen molar-refractivity contribution in [1.82, 2.24) is 4.90 Å². The van der Waals surface area contributed by atoms with E-state index in [9.17, 15) is 18.8 Å². The molecule has 10 heteroatoms. The standard InChI is InChI=1S/C22H19FINO6S/c1-3-30-19(26)11-25-21(27)18(32-22(25)28)10-14-8-16(24)20(17(9-14)29-2)31-12-13-4-6-15(23)7-5-13/h4-10H,3,11-12H2,1-2H3/b18-10-. The fourth-order valence-electron chi connectivity index (χ4n) is 2.82. The van der Waals surface area contributed by atoms with E-state index in [4.69, 9.17) is 14.2 Å². The Bertz CT molecular complexity index is 1070. The van der Waals surface area contributed by atoms with Crippen LogP contribution in [0.25, 0.3) is 6.08 Å². The van der Waals surface area contributed by atoms with Gasteiger partial charge in [-0.2, -0.15) is 0 Å². The molecule has 2 amide bonds. The maximum absolute atomic E-state index is 13.1. The molecule has 32 heavy (non-hydrogen) atoms. The van der Waals surface area contributed by atoms with Crippen LogP contribution in [0, 0.1) is 9.39 Å². The fraction of sp³-hybridized carbons (Fsp3) is 0.227. The largest absolute Gasteiger partial charge is 0.493 e. The number of hydrogen-bond acceptors (Lipinski definition) is 7. The first kappa shape index (κ1) is 24.1. The monoisotopic (exact) mass is 571 g/mol. The third-order valence-electron chi connectivity index (χ3n) is 4.31. The molecular formula is C22H19FINO6S. The highest BCUT2D eigenvalue weighted by atomic mass is 127. The van der Waals surface area contributed by atoms with Crippen molar-refractivity contribution in [2.75, 3.05) is 20.3 Å². The number of ether oxygens (including phenoxy) is 3. The van der Waals surface area contributed by atoms with Crippen LogP contribution in [0.2, 0.25) is 0 Å². The average Bonchev–Trinajstić information content (AvgIpc) is 3.01. The van der Waals surface area contributed by atoms with Crippen LogP contribution in [0.4, 0.5) is 9.18 Å². The van der Waals surface area contributed by atoms with Crippen LogP contribution in [0.15, 0.2) is 41.3 Å². The second-order valence-electron chi connectivity index (χ2n) is 6.52. The molecule has 0 radical (unpaired) electrons. The van der Waals surface area contributed by atoms with Crippen molar-refractivity contribution in [3.8, 4) is 11.5 Å². The van der Waals surface area contributed by atoms with Gasteiger partial charge in [-0.3, -0.25) is 19.3 Å². The molecule has 2 aromatic rings. The van der Waals surface area contributed by atoms with E-state index in [0.717, 1.165) is 25.8 Å². The first-order valence-corrected chi connectivity index (χ1v) is 11.4. The molecule has 1 aliphatic rings. The number of carbonyl (C=O) groups excluding carboxylic acids is 3.